The molecule has 0 aromatic carbocycles. The van der Waals surface area contributed by atoms with Crippen molar-refractivity contribution in [3.63, 3.8) is 0 Å². The van der Waals surface area contributed by atoms with Gasteiger partial charge in [0.05, 0.1) is 50.7 Å². The van der Waals surface area contributed by atoms with E-state index in [0.29, 0.717) is 38.5 Å². The van der Waals surface area contributed by atoms with Gasteiger partial charge in [0.25, 0.3) is 0 Å². The molecule has 0 radical (unpaired) electrons. The lowest BCUT2D eigenvalue weighted by molar-refractivity contribution is -0.394. The third-order valence-electron chi connectivity index (χ3n) is 24.6. The van der Waals surface area contributed by atoms with Crippen molar-refractivity contribution in [2.24, 2.45) is 39.4 Å². The molecule has 10 fully saturated rings. The number of ether oxygens (including phenoxy) is 16. The molecular formula is C68H108O32. The number of methoxy groups -OCH3 is 2. The summed E-state index contributed by atoms with van der Waals surface area (Å²) in [6.07, 6.45) is -39.5. The molecule has 32 heteroatoms. The Morgan fingerprint density at radius 1 is 0.570 bits per heavy atom. The summed E-state index contributed by atoms with van der Waals surface area (Å²) in [5, 5.41) is 156. The Balaban J connectivity index is 0.828. The molecule has 572 valence electrons. The first-order chi connectivity index (χ1) is 47.2. The lowest BCUT2D eigenvalue weighted by Crippen LogP contribution is -2.67. The fourth-order valence-corrected chi connectivity index (χ4v) is 19.4. The van der Waals surface area contributed by atoms with Crippen LogP contribution in [0.25, 0.3) is 0 Å². The molecule has 4 aliphatic carbocycles. The zero-order valence-corrected chi connectivity index (χ0v) is 58.3. The molecule has 7 saturated heterocycles. The summed E-state index contributed by atoms with van der Waals surface area (Å²) in [4.78, 5) is 27.1. The van der Waals surface area contributed by atoms with Gasteiger partial charge >= 0.3 is 11.9 Å². The number of hydrogen-bond acceptors (Lipinski definition) is 32. The van der Waals surface area contributed by atoms with Gasteiger partial charge in [-0.25, -0.2) is 0 Å². The Labute approximate surface area is 580 Å². The van der Waals surface area contributed by atoms with Gasteiger partial charge in [-0.15, -0.1) is 6.58 Å². The maximum Gasteiger partial charge on any atom is 0.313 e. The fourth-order valence-electron chi connectivity index (χ4n) is 19.4. The first-order valence-corrected chi connectivity index (χ1v) is 35.1. The molecule has 37 atom stereocenters. The standard InChI is InChI=1S/C68H108O32/c1-27(2)20-30(90-29(4)72)21-67(9)39-15-18-66(8)32-12-13-38-64(5,6)40(16-17-65(38,7)31(32)14-19-68(39,66)63(84)100-67)95-62-56(44(77)37(26-88-62)94-59-50(83)55(43(76)36(24-71)91-59)98-61-49(82)54(86-11)42(75)35(23-70)93-61)99-58-46(79)45(78)51(28(3)89-58)96-57-47(80)52(33(73)25-87-57)97-60-48(81)53(85-10)41(74)34(22-69)92-60/h12,28,30-31,33-62,69-71,73-83H,1,13-26H2,2-11H3/t28-,30+,31+,33-,34-,35-,36-,37-,38+,39+,40+,41-,42-,43-,44+,45-,46-,47-,48-,49-,50-,51-,52+,53+,54+,55+,56-,57+,58+,59+,60+,61+,62+,65-,66+,67+,68+/m1/s1. The Bertz CT molecular complexity index is 2840. The first-order valence-electron chi connectivity index (χ1n) is 35.1. The monoisotopic (exact) mass is 1440 g/mol. The van der Waals surface area contributed by atoms with E-state index in [1.54, 1.807) is 0 Å². The molecule has 11 aliphatic rings. The number of rotatable bonds is 22. The van der Waals surface area contributed by atoms with Crippen molar-refractivity contribution in [1.29, 1.82) is 0 Å². The van der Waals surface area contributed by atoms with Crippen molar-refractivity contribution in [2.75, 3.05) is 47.3 Å². The molecule has 11 rings (SSSR count). The lowest BCUT2D eigenvalue weighted by Gasteiger charge is -2.64. The minimum absolute atomic E-state index is 0.0233. The van der Waals surface area contributed by atoms with Crippen LogP contribution >= 0.6 is 0 Å². The van der Waals surface area contributed by atoms with Crippen molar-refractivity contribution in [1.82, 2.24) is 0 Å². The van der Waals surface area contributed by atoms with Gasteiger partial charge in [-0.05, 0) is 88.4 Å². The normalized spacial score (nSPS) is 51.2. The molecule has 0 amide bonds. The van der Waals surface area contributed by atoms with Gasteiger partial charge in [0.15, 0.2) is 37.7 Å². The summed E-state index contributed by atoms with van der Waals surface area (Å²) in [6, 6.07) is 0. The molecule has 7 aliphatic heterocycles. The van der Waals surface area contributed by atoms with Gasteiger partial charge in [-0.2, -0.15) is 0 Å². The second kappa shape index (κ2) is 30.5. The van der Waals surface area contributed by atoms with E-state index in [1.807, 2.05) is 13.8 Å². The minimum atomic E-state index is -2.03. The van der Waals surface area contributed by atoms with E-state index >= 15 is 0 Å². The van der Waals surface area contributed by atoms with Crippen LogP contribution in [0.5, 0.6) is 0 Å². The number of fused-ring (bicyclic) bond motifs is 4. The summed E-state index contributed by atoms with van der Waals surface area (Å²) in [6.45, 7) is 16.2. The number of hydrogen-bond donors (Lipinski definition) is 14. The van der Waals surface area contributed by atoms with Crippen molar-refractivity contribution >= 4 is 11.9 Å². The molecule has 0 unspecified atom stereocenters. The van der Waals surface area contributed by atoms with Gasteiger partial charge in [-0.3, -0.25) is 9.59 Å². The molecule has 3 saturated carbocycles. The zero-order valence-electron chi connectivity index (χ0n) is 58.3. The van der Waals surface area contributed by atoms with E-state index in [1.165, 1.54) is 33.6 Å². The van der Waals surface area contributed by atoms with Crippen LogP contribution in [0, 0.1) is 39.4 Å². The summed E-state index contributed by atoms with van der Waals surface area (Å²) >= 11 is 0. The molecule has 0 bridgehead atoms. The van der Waals surface area contributed by atoms with Crippen LogP contribution < -0.4 is 0 Å². The third-order valence-corrected chi connectivity index (χ3v) is 24.6. The Kier molecular flexibility index (Phi) is 23.9. The molecule has 14 N–H and O–H groups in total. The number of carbonyl (C=O) groups excluding carboxylic acids is 2. The Morgan fingerprint density at radius 3 is 1.68 bits per heavy atom. The van der Waals surface area contributed by atoms with Gasteiger partial charge in [0.1, 0.15) is 140 Å². The van der Waals surface area contributed by atoms with E-state index in [4.69, 9.17) is 75.8 Å². The predicted octanol–water partition coefficient (Wildman–Crippen LogP) is -2.90. The zero-order chi connectivity index (χ0) is 72.8. The molecule has 1 spiro atoms. The van der Waals surface area contributed by atoms with Crippen LogP contribution in [0.4, 0.5) is 0 Å². The van der Waals surface area contributed by atoms with Crippen molar-refractivity contribution in [3.8, 4) is 0 Å². The number of carbonyl (C=O) groups is 2. The van der Waals surface area contributed by atoms with Crippen LogP contribution in [-0.4, -0.2) is 321 Å². The quantitative estimate of drug-likeness (QED) is 0.0382. The highest BCUT2D eigenvalue weighted by Gasteiger charge is 2.77. The second-order valence-corrected chi connectivity index (χ2v) is 31.0. The maximum atomic E-state index is 14.8. The van der Waals surface area contributed by atoms with E-state index in [2.05, 4.69) is 40.3 Å². The van der Waals surface area contributed by atoms with Gasteiger partial charge in [0, 0.05) is 45.3 Å². The van der Waals surface area contributed by atoms with Crippen LogP contribution in [-0.2, 0) is 85.4 Å². The second-order valence-electron chi connectivity index (χ2n) is 31.0. The van der Waals surface area contributed by atoms with Crippen LogP contribution in [0.3, 0.4) is 0 Å². The highest BCUT2D eigenvalue weighted by atomic mass is 16.8. The number of aliphatic hydroxyl groups is 14. The fraction of sp³-hybridized carbons (Fsp3) is 0.912. The summed E-state index contributed by atoms with van der Waals surface area (Å²) in [7, 11) is 2.39. The Morgan fingerprint density at radius 2 is 1.10 bits per heavy atom. The molecule has 32 nitrogen and oxygen atoms in total. The summed E-state index contributed by atoms with van der Waals surface area (Å²) in [5.41, 5.74) is -1.06. The summed E-state index contributed by atoms with van der Waals surface area (Å²) in [5.74, 6) is -0.702. The van der Waals surface area contributed by atoms with Gasteiger partial charge < -0.3 is 147 Å². The highest BCUT2D eigenvalue weighted by Crippen LogP contribution is 2.76. The largest absolute Gasteiger partial charge is 0.462 e. The van der Waals surface area contributed by atoms with Crippen LogP contribution in [0.15, 0.2) is 23.8 Å². The predicted molar refractivity (Wildman–Crippen MR) is 335 cm³/mol. The molecule has 0 aromatic heterocycles. The van der Waals surface area contributed by atoms with Gasteiger partial charge in [-0.1, -0.05) is 44.9 Å². The SMILES string of the molecule is C=C(C)C[C@@H](C[C@]1(C)OC(=O)[C@@]23CC[C@H]4C(=CC[C@H]5C(C)(C)[C@@H](O[C@@H]6OC[C@@H](O[C@@H]7O[C@H](CO)[C@@H](O)[C@H](O[C@@H]8O[C@H](CO)[C@@H](O)[C@H](OC)[C@H]8O)[C@H]7O)[C@H](O)[C@H]6O[C@@H]6O[C@H](C)[C@@H](O[C@@H]7OC[C@@H](O)[C@H](O[C@@H]8O[C@H](CO)[C@@H](O)[C@H](OC)[C@H]8O)[C@H]7O)[C@H](O)[C@H]6O)CC[C@]45C)[C@]2(C)CC[C@@H]13)OC(C)=O. The van der Waals surface area contributed by atoms with E-state index < -0.39 is 245 Å². The summed E-state index contributed by atoms with van der Waals surface area (Å²) < 4.78 is 96.1. The highest BCUT2D eigenvalue weighted by molar-refractivity contribution is 5.83. The molecule has 0 aromatic rings. The van der Waals surface area contributed by atoms with Crippen LogP contribution in [0.1, 0.15) is 113 Å². The maximum absolute atomic E-state index is 14.8. The van der Waals surface area contributed by atoms with Gasteiger partial charge in [0.2, 0.25) is 0 Å². The first kappa shape index (κ1) is 78.4. The third kappa shape index (κ3) is 13.9. The minimum Gasteiger partial charge on any atom is -0.462 e. The molecule has 7 heterocycles. The van der Waals surface area contributed by atoms with Crippen molar-refractivity contribution in [2.45, 2.75) is 303 Å². The molecule has 100 heavy (non-hydrogen) atoms. The topological polar surface area (TPSA) is 465 Å². The lowest BCUT2D eigenvalue weighted by atomic mass is 9.41. The Hall–Kier alpha value is -2.70. The van der Waals surface area contributed by atoms with Crippen molar-refractivity contribution in [3.05, 3.63) is 23.8 Å². The number of cyclic esters (lactones) is 1. The van der Waals surface area contributed by atoms with E-state index in [0.717, 1.165) is 24.8 Å². The number of allylic oxidation sites excluding steroid dienone is 2. The average Bonchev–Trinajstić information content (AvgIpc) is 1.46. The van der Waals surface area contributed by atoms with Crippen LogP contribution in [0.2, 0.25) is 0 Å². The smallest absolute Gasteiger partial charge is 0.313 e. The molecular weight excluding hydrogens is 1330 g/mol. The van der Waals surface area contributed by atoms with Crippen molar-refractivity contribution < 1.29 is 157 Å². The number of esters is 2. The average molecular weight is 1440 g/mol. The van der Waals surface area contributed by atoms with E-state index in [-0.39, 0.29) is 29.1 Å². The number of aliphatic hydroxyl groups excluding tert-OH is 14. The van der Waals surface area contributed by atoms with E-state index in [9.17, 15) is 81.1 Å².